The van der Waals surface area contributed by atoms with Gasteiger partial charge < -0.3 is 20.7 Å². The molecule has 1 saturated carbocycles. The Hall–Kier alpha value is -3.16. The molecule has 0 aliphatic heterocycles. The smallest absolute Gasteiger partial charge is 0.387 e. The molecule has 0 radical (unpaired) electrons. The van der Waals surface area contributed by atoms with Crippen molar-refractivity contribution in [2.45, 2.75) is 25.5 Å². The summed E-state index contributed by atoms with van der Waals surface area (Å²) in [5.74, 6) is -0.713. The lowest BCUT2D eigenvalue weighted by molar-refractivity contribution is -0.114. The van der Waals surface area contributed by atoms with Gasteiger partial charge in [0.05, 0.1) is 23.5 Å². The van der Waals surface area contributed by atoms with Crippen LogP contribution in [0.25, 0.3) is 0 Å². The standard InChI is InChI=1S/C19H19F2N3O3/c20-19(21)27-16-8-4-3-7-15(16)22-11-17(25)24-14-6-2-1-5-13(14)18(26)23-12-9-10-12/h1-8,12,19,22H,9-11H2,(H,23,26)(H,24,25). The van der Waals surface area contributed by atoms with Gasteiger partial charge in [0.1, 0.15) is 5.75 Å². The van der Waals surface area contributed by atoms with E-state index < -0.39 is 12.5 Å². The first-order valence-electron chi connectivity index (χ1n) is 8.50. The van der Waals surface area contributed by atoms with Crippen molar-refractivity contribution >= 4 is 23.2 Å². The third kappa shape index (κ3) is 5.40. The summed E-state index contributed by atoms with van der Waals surface area (Å²) in [4.78, 5) is 24.5. The highest BCUT2D eigenvalue weighted by Crippen LogP contribution is 2.25. The number of hydrogen-bond donors (Lipinski definition) is 3. The van der Waals surface area contributed by atoms with Crippen molar-refractivity contribution in [3.63, 3.8) is 0 Å². The zero-order chi connectivity index (χ0) is 19.2. The Morgan fingerprint density at radius 3 is 2.41 bits per heavy atom. The maximum absolute atomic E-state index is 12.4. The number of alkyl halides is 2. The monoisotopic (exact) mass is 375 g/mol. The normalized spacial score (nSPS) is 13.1. The van der Waals surface area contributed by atoms with E-state index in [4.69, 9.17) is 0 Å². The van der Waals surface area contributed by atoms with E-state index >= 15 is 0 Å². The van der Waals surface area contributed by atoms with Gasteiger partial charge in [0, 0.05) is 6.04 Å². The highest BCUT2D eigenvalue weighted by Gasteiger charge is 2.25. The lowest BCUT2D eigenvalue weighted by atomic mass is 10.1. The van der Waals surface area contributed by atoms with Crippen LogP contribution in [-0.4, -0.2) is 31.0 Å². The van der Waals surface area contributed by atoms with E-state index in [1.165, 1.54) is 12.1 Å². The Balaban J connectivity index is 1.61. The van der Waals surface area contributed by atoms with Gasteiger partial charge in [-0.15, -0.1) is 0 Å². The maximum Gasteiger partial charge on any atom is 0.387 e. The summed E-state index contributed by atoms with van der Waals surface area (Å²) >= 11 is 0. The van der Waals surface area contributed by atoms with E-state index in [-0.39, 0.29) is 29.9 Å². The maximum atomic E-state index is 12.4. The van der Waals surface area contributed by atoms with Crippen molar-refractivity contribution in [2.75, 3.05) is 17.2 Å². The molecule has 2 amide bonds. The van der Waals surface area contributed by atoms with Crippen LogP contribution < -0.4 is 20.7 Å². The van der Waals surface area contributed by atoms with Crippen molar-refractivity contribution in [1.82, 2.24) is 5.32 Å². The molecule has 6 nitrogen and oxygen atoms in total. The molecular formula is C19H19F2N3O3. The van der Waals surface area contributed by atoms with Crippen molar-refractivity contribution in [1.29, 1.82) is 0 Å². The van der Waals surface area contributed by atoms with Gasteiger partial charge in [-0.05, 0) is 37.1 Å². The number of ether oxygens (including phenoxy) is 1. The summed E-state index contributed by atoms with van der Waals surface area (Å²) < 4.78 is 29.3. The molecule has 3 rings (SSSR count). The highest BCUT2D eigenvalue weighted by atomic mass is 19.3. The molecule has 27 heavy (non-hydrogen) atoms. The van der Waals surface area contributed by atoms with Gasteiger partial charge in [0.2, 0.25) is 5.91 Å². The van der Waals surface area contributed by atoms with Crippen LogP contribution in [0.15, 0.2) is 48.5 Å². The molecule has 0 unspecified atom stereocenters. The van der Waals surface area contributed by atoms with Gasteiger partial charge in [-0.3, -0.25) is 9.59 Å². The predicted octanol–water partition coefficient (Wildman–Crippen LogP) is 3.23. The minimum absolute atomic E-state index is 0.0514. The molecule has 142 valence electrons. The number of nitrogens with one attached hydrogen (secondary N) is 3. The van der Waals surface area contributed by atoms with Gasteiger partial charge in [-0.25, -0.2) is 0 Å². The fourth-order valence-electron chi connectivity index (χ4n) is 2.46. The molecule has 8 heteroatoms. The number of para-hydroxylation sites is 3. The van der Waals surface area contributed by atoms with Crippen molar-refractivity contribution in [3.05, 3.63) is 54.1 Å². The number of carbonyl (C=O) groups is 2. The number of amides is 2. The highest BCUT2D eigenvalue weighted by molar-refractivity contribution is 6.04. The second-order valence-corrected chi connectivity index (χ2v) is 6.07. The van der Waals surface area contributed by atoms with Crippen LogP contribution in [0.3, 0.4) is 0 Å². The van der Waals surface area contributed by atoms with E-state index in [2.05, 4.69) is 20.7 Å². The minimum Gasteiger partial charge on any atom is -0.433 e. The Bertz CT molecular complexity index is 825. The molecule has 1 aliphatic rings. The van der Waals surface area contributed by atoms with Gasteiger partial charge >= 0.3 is 6.61 Å². The number of rotatable bonds is 8. The van der Waals surface area contributed by atoms with Gasteiger partial charge in [-0.2, -0.15) is 8.78 Å². The Morgan fingerprint density at radius 1 is 1.04 bits per heavy atom. The molecule has 0 spiro atoms. The van der Waals surface area contributed by atoms with Crippen LogP contribution in [0, 0.1) is 0 Å². The van der Waals surface area contributed by atoms with Crippen molar-refractivity contribution < 1.29 is 23.1 Å². The van der Waals surface area contributed by atoms with Crippen LogP contribution in [0.4, 0.5) is 20.2 Å². The van der Waals surface area contributed by atoms with Gasteiger partial charge in [0.25, 0.3) is 5.91 Å². The molecule has 1 aliphatic carbocycles. The van der Waals surface area contributed by atoms with E-state index in [9.17, 15) is 18.4 Å². The summed E-state index contributed by atoms with van der Waals surface area (Å²) in [6.07, 6.45) is 1.93. The largest absolute Gasteiger partial charge is 0.433 e. The fraction of sp³-hybridized carbons (Fsp3) is 0.263. The third-order valence-corrected chi connectivity index (χ3v) is 3.90. The van der Waals surface area contributed by atoms with Crippen LogP contribution in [0.2, 0.25) is 0 Å². The van der Waals surface area contributed by atoms with E-state index in [1.54, 1.807) is 36.4 Å². The van der Waals surface area contributed by atoms with Crippen molar-refractivity contribution in [3.8, 4) is 5.75 Å². The Labute approximate surface area is 154 Å². The van der Waals surface area contributed by atoms with E-state index in [0.717, 1.165) is 12.8 Å². The van der Waals surface area contributed by atoms with Crippen LogP contribution in [0.1, 0.15) is 23.2 Å². The number of hydrogen-bond acceptors (Lipinski definition) is 4. The topological polar surface area (TPSA) is 79.5 Å². The molecule has 0 heterocycles. The van der Waals surface area contributed by atoms with Crippen LogP contribution >= 0.6 is 0 Å². The van der Waals surface area contributed by atoms with E-state index in [1.807, 2.05) is 0 Å². The molecule has 0 saturated heterocycles. The zero-order valence-corrected chi connectivity index (χ0v) is 14.4. The van der Waals surface area contributed by atoms with E-state index in [0.29, 0.717) is 11.3 Å². The molecule has 0 bridgehead atoms. The van der Waals surface area contributed by atoms with Gasteiger partial charge in [-0.1, -0.05) is 24.3 Å². The first-order chi connectivity index (χ1) is 13.0. The first kappa shape index (κ1) is 18.6. The lowest BCUT2D eigenvalue weighted by Crippen LogP contribution is -2.28. The summed E-state index contributed by atoms with van der Waals surface area (Å²) in [5.41, 5.74) is 1.03. The van der Waals surface area contributed by atoms with Crippen LogP contribution in [-0.2, 0) is 4.79 Å². The molecule has 2 aromatic rings. The first-order valence-corrected chi connectivity index (χ1v) is 8.50. The van der Waals surface area contributed by atoms with Gasteiger partial charge in [0.15, 0.2) is 0 Å². The zero-order valence-electron chi connectivity index (χ0n) is 14.4. The Morgan fingerprint density at radius 2 is 1.70 bits per heavy atom. The quantitative estimate of drug-likeness (QED) is 0.662. The summed E-state index contributed by atoms with van der Waals surface area (Å²) in [6.45, 7) is -3.14. The van der Waals surface area contributed by atoms with Crippen molar-refractivity contribution in [2.24, 2.45) is 0 Å². The fourth-order valence-corrected chi connectivity index (χ4v) is 2.46. The number of benzene rings is 2. The summed E-state index contributed by atoms with van der Waals surface area (Å²) in [5, 5.41) is 8.30. The Kier molecular flexibility index (Phi) is 5.85. The molecular weight excluding hydrogens is 356 g/mol. The molecule has 2 aromatic carbocycles. The number of halogens is 2. The summed E-state index contributed by atoms with van der Waals surface area (Å²) in [7, 11) is 0. The minimum atomic E-state index is -2.96. The molecule has 0 atom stereocenters. The molecule has 1 fully saturated rings. The average Bonchev–Trinajstić information content (AvgIpc) is 3.45. The second-order valence-electron chi connectivity index (χ2n) is 6.07. The summed E-state index contributed by atoms with van der Waals surface area (Å²) in [6, 6.07) is 13.0. The third-order valence-electron chi connectivity index (χ3n) is 3.90. The lowest BCUT2D eigenvalue weighted by Gasteiger charge is -2.14. The average molecular weight is 375 g/mol. The number of carbonyl (C=O) groups excluding carboxylic acids is 2. The molecule has 3 N–H and O–H groups in total. The number of anilines is 2. The SMILES string of the molecule is O=C(CNc1ccccc1OC(F)F)Nc1ccccc1C(=O)NC1CC1. The predicted molar refractivity (Wildman–Crippen MR) is 97.1 cm³/mol. The molecule has 0 aromatic heterocycles. The van der Waals surface area contributed by atoms with Crippen LogP contribution in [0.5, 0.6) is 5.75 Å². The second kappa shape index (κ2) is 8.48.